The van der Waals surface area contributed by atoms with Gasteiger partial charge in [-0.1, -0.05) is 65.7 Å². The van der Waals surface area contributed by atoms with E-state index in [1.54, 1.807) is 29.2 Å². The number of para-hydroxylation sites is 2. The normalized spacial score (nSPS) is 19.9. The fraction of sp³-hybridized carbons (Fsp3) is 0.154. The van der Waals surface area contributed by atoms with Crippen LogP contribution in [0.1, 0.15) is 34.8 Å². The molecule has 0 spiro atoms. The minimum Gasteiger partial charge on any atom is -0.357 e. The predicted molar refractivity (Wildman–Crippen MR) is 128 cm³/mol. The van der Waals surface area contributed by atoms with Crippen molar-refractivity contribution in [3.8, 4) is 0 Å². The number of nitrogens with one attached hydrogen (secondary N) is 1. The average Bonchev–Trinajstić information content (AvgIpc) is 2.96. The van der Waals surface area contributed by atoms with Crippen LogP contribution in [0.25, 0.3) is 0 Å². The molecule has 5 rings (SSSR count). The van der Waals surface area contributed by atoms with Gasteiger partial charge in [0.1, 0.15) is 5.78 Å². The summed E-state index contributed by atoms with van der Waals surface area (Å²) in [5.41, 5.74) is 3.61. The van der Waals surface area contributed by atoms with Crippen molar-refractivity contribution in [2.24, 2.45) is 5.92 Å². The fourth-order valence-electron chi connectivity index (χ4n) is 4.54. The maximum absolute atomic E-state index is 13.9. The highest BCUT2D eigenvalue weighted by molar-refractivity contribution is 6.42. The minimum atomic E-state index is -0.576. The number of rotatable bonds is 2. The summed E-state index contributed by atoms with van der Waals surface area (Å²) in [6.07, 6.45) is 3.15. The number of hydrogen-bond donors (Lipinski definition) is 1. The van der Waals surface area contributed by atoms with Crippen LogP contribution in [0.2, 0.25) is 10.0 Å². The molecule has 2 atom stereocenters. The Bertz CT molecular complexity index is 1240. The standard InChI is InChI=1S/C26H20Cl2N2O2/c27-18-14-13-17(15-19(18)28)25-24-21(10-6-12-23(24)31)29-20-9-4-5-11-22(20)30(25)26(32)16-7-2-1-3-8-16/h1-5,7-11,13-15,24-25,29H,6,12H2/t24-,25+/m1/s1. The summed E-state index contributed by atoms with van der Waals surface area (Å²) in [6, 6.07) is 21.5. The van der Waals surface area contributed by atoms with Crippen LogP contribution in [0, 0.1) is 5.92 Å². The van der Waals surface area contributed by atoms with E-state index >= 15 is 0 Å². The number of Topliss-reactive ketones (excluding diaryl/α,β-unsaturated/α-hetero) is 1. The first-order valence-corrected chi connectivity index (χ1v) is 11.2. The molecule has 0 saturated heterocycles. The molecule has 1 aliphatic heterocycles. The van der Waals surface area contributed by atoms with Crippen LogP contribution in [-0.2, 0) is 4.79 Å². The molecule has 32 heavy (non-hydrogen) atoms. The Morgan fingerprint density at radius 2 is 1.69 bits per heavy atom. The summed E-state index contributed by atoms with van der Waals surface area (Å²) < 4.78 is 0. The molecule has 160 valence electrons. The molecule has 0 bridgehead atoms. The van der Waals surface area contributed by atoms with Gasteiger partial charge in [-0.05, 0) is 48.4 Å². The fourth-order valence-corrected chi connectivity index (χ4v) is 4.84. The first-order valence-electron chi connectivity index (χ1n) is 10.5. The van der Waals surface area contributed by atoms with Gasteiger partial charge in [0.25, 0.3) is 5.91 Å². The zero-order valence-electron chi connectivity index (χ0n) is 17.1. The van der Waals surface area contributed by atoms with Gasteiger partial charge in [0, 0.05) is 17.7 Å². The van der Waals surface area contributed by atoms with Crippen LogP contribution in [0.3, 0.4) is 0 Å². The minimum absolute atomic E-state index is 0.0877. The van der Waals surface area contributed by atoms with Crippen molar-refractivity contribution < 1.29 is 9.59 Å². The lowest BCUT2D eigenvalue weighted by atomic mass is 9.81. The van der Waals surface area contributed by atoms with Crippen molar-refractivity contribution in [3.63, 3.8) is 0 Å². The Morgan fingerprint density at radius 3 is 2.47 bits per heavy atom. The van der Waals surface area contributed by atoms with E-state index < -0.39 is 12.0 Å². The number of hydrogen-bond acceptors (Lipinski definition) is 3. The zero-order valence-corrected chi connectivity index (χ0v) is 18.6. The number of benzene rings is 3. The highest BCUT2D eigenvalue weighted by Crippen LogP contribution is 2.47. The second-order valence-electron chi connectivity index (χ2n) is 7.94. The Balaban J connectivity index is 1.78. The van der Waals surface area contributed by atoms with E-state index in [4.69, 9.17) is 23.2 Å². The van der Waals surface area contributed by atoms with Gasteiger partial charge in [-0.2, -0.15) is 0 Å². The first-order chi connectivity index (χ1) is 15.5. The average molecular weight is 463 g/mol. The number of carbonyl (C=O) groups excluding carboxylic acids is 2. The van der Waals surface area contributed by atoms with Gasteiger partial charge in [0.2, 0.25) is 0 Å². The second kappa shape index (κ2) is 8.45. The van der Waals surface area contributed by atoms with Crippen LogP contribution in [0.4, 0.5) is 11.4 Å². The maximum Gasteiger partial charge on any atom is 0.258 e. The van der Waals surface area contributed by atoms with Gasteiger partial charge in [0.15, 0.2) is 0 Å². The summed E-state index contributed by atoms with van der Waals surface area (Å²) in [6.45, 7) is 0. The lowest BCUT2D eigenvalue weighted by molar-refractivity contribution is -0.122. The predicted octanol–water partition coefficient (Wildman–Crippen LogP) is 6.67. The Morgan fingerprint density at radius 1 is 0.938 bits per heavy atom. The maximum atomic E-state index is 13.9. The smallest absolute Gasteiger partial charge is 0.258 e. The van der Waals surface area contributed by atoms with Crippen LogP contribution < -0.4 is 10.2 Å². The van der Waals surface area contributed by atoms with E-state index in [0.29, 0.717) is 34.1 Å². The quantitative estimate of drug-likeness (QED) is 0.462. The van der Waals surface area contributed by atoms with Gasteiger partial charge in [-0.15, -0.1) is 0 Å². The monoisotopic (exact) mass is 462 g/mol. The van der Waals surface area contributed by atoms with Gasteiger partial charge in [0.05, 0.1) is 33.4 Å². The molecule has 1 aliphatic carbocycles. The number of amides is 1. The van der Waals surface area contributed by atoms with Gasteiger partial charge < -0.3 is 5.32 Å². The molecule has 1 amide bonds. The topological polar surface area (TPSA) is 49.4 Å². The van der Waals surface area contributed by atoms with Crippen molar-refractivity contribution in [2.75, 3.05) is 10.2 Å². The van der Waals surface area contributed by atoms with Crippen LogP contribution in [0.15, 0.2) is 84.6 Å². The van der Waals surface area contributed by atoms with Gasteiger partial charge in [-0.25, -0.2) is 0 Å². The van der Waals surface area contributed by atoms with Crippen molar-refractivity contribution in [2.45, 2.75) is 18.9 Å². The van der Waals surface area contributed by atoms with E-state index in [2.05, 4.69) is 11.4 Å². The third kappa shape index (κ3) is 3.60. The Hall–Kier alpha value is -3.08. The summed E-state index contributed by atoms with van der Waals surface area (Å²) in [5.74, 6) is -0.638. The molecule has 0 radical (unpaired) electrons. The molecule has 4 nitrogen and oxygen atoms in total. The molecule has 6 heteroatoms. The number of halogens is 2. The highest BCUT2D eigenvalue weighted by Gasteiger charge is 2.43. The first kappa shape index (κ1) is 20.8. The Labute approximate surface area is 196 Å². The van der Waals surface area contributed by atoms with Crippen LogP contribution in [-0.4, -0.2) is 11.7 Å². The summed E-state index contributed by atoms with van der Waals surface area (Å²) in [7, 11) is 0. The second-order valence-corrected chi connectivity index (χ2v) is 8.76. The van der Waals surface area contributed by atoms with E-state index in [-0.39, 0.29) is 11.7 Å². The molecule has 3 aromatic carbocycles. The van der Waals surface area contributed by atoms with Crippen LogP contribution >= 0.6 is 23.2 Å². The van der Waals surface area contributed by atoms with Crippen LogP contribution in [0.5, 0.6) is 0 Å². The number of anilines is 2. The molecular weight excluding hydrogens is 443 g/mol. The Kier molecular flexibility index (Phi) is 5.50. The lowest BCUT2D eigenvalue weighted by Gasteiger charge is -2.36. The molecule has 1 heterocycles. The van der Waals surface area contributed by atoms with Crippen molar-refractivity contribution in [1.29, 1.82) is 0 Å². The van der Waals surface area contributed by atoms with Gasteiger partial charge in [-0.3, -0.25) is 14.5 Å². The van der Waals surface area contributed by atoms with Crippen molar-refractivity contribution >= 4 is 46.3 Å². The molecule has 0 aromatic heterocycles. The number of ketones is 1. The molecule has 0 fully saturated rings. The van der Waals surface area contributed by atoms with E-state index in [1.807, 2.05) is 48.5 Å². The number of nitrogens with zero attached hydrogens (tertiary/aromatic N) is 1. The lowest BCUT2D eigenvalue weighted by Crippen LogP contribution is -2.42. The van der Waals surface area contributed by atoms with E-state index in [9.17, 15) is 9.59 Å². The van der Waals surface area contributed by atoms with Crippen molar-refractivity contribution in [3.05, 3.63) is 106 Å². The SMILES string of the molecule is O=C1CCC=C2Nc3ccccc3N(C(=O)c3ccccc3)[C@@H](c3ccc(Cl)c(Cl)c3)[C@@H]12. The molecular formula is C26H20Cl2N2O2. The molecule has 2 aliphatic rings. The molecule has 0 saturated carbocycles. The largest absolute Gasteiger partial charge is 0.357 e. The molecule has 3 aromatic rings. The zero-order chi connectivity index (χ0) is 22.2. The third-order valence-corrected chi connectivity index (χ3v) is 6.74. The third-order valence-electron chi connectivity index (χ3n) is 6.00. The molecule has 0 unspecified atom stereocenters. The number of allylic oxidation sites excluding steroid dienone is 1. The summed E-state index contributed by atoms with van der Waals surface area (Å²) in [4.78, 5) is 29.0. The number of fused-ring (bicyclic) bond motifs is 2. The molecule has 1 N–H and O–H groups in total. The summed E-state index contributed by atoms with van der Waals surface area (Å²) in [5, 5.41) is 4.25. The van der Waals surface area contributed by atoms with Gasteiger partial charge >= 0.3 is 0 Å². The summed E-state index contributed by atoms with van der Waals surface area (Å²) >= 11 is 12.6. The van der Waals surface area contributed by atoms with E-state index in [1.165, 1.54) is 0 Å². The number of carbonyl (C=O) groups is 2. The van der Waals surface area contributed by atoms with E-state index in [0.717, 1.165) is 16.9 Å². The highest BCUT2D eigenvalue weighted by atomic mass is 35.5. The van der Waals surface area contributed by atoms with Crippen molar-refractivity contribution in [1.82, 2.24) is 0 Å².